The third-order valence-electron chi connectivity index (χ3n) is 9.07. The smallest absolute Gasteiger partial charge is 0.308 e. The molecule has 0 atom stereocenters. The van der Waals surface area contributed by atoms with Gasteiger partial charge < -0.3 is 4.57 Å². The van der Waals surface area contributed by atoms with Gasteiger partial charge in [-0.3, -0.25) is 4.98 Å². The van der Waals surface area contributed by atoms with E-state index < -0.39 is 58.1 Å². The van der Waals surface area contributed by atoms with Crippen molar-refractivity contribution in [2.24, 2.45) is 0 Å². The normalized spacial score (nSPS) is 12.7. The summed E-state index contributed by atoms with van der Waals surface area (Å²) in [5, 5.41) is 10.5. The molecule has 0 amide bonds. The van der Waals surface area contributed by atoms with Crippen molar-refractivity contribution >= 4 is 21.8 Å². The van der Waals surface area contributed by atoms with Crippen molar-refractivity contribution in [2.75, 3.05) is 0 Å². The Labute approximate surface area is 302 Å². The summed E-state index contributed by atoms with van der Waals surface area (Å²) in [7, 11) is 0. The van der Waals surface area contributed by atoms with Crippen molar-refractivity contribution in [2.45, 2.75) is 24.7 Å². The molecule has 278 valence electrons. The van der Waals surface area contributed by atoms with Gasteiger partial charge >= 0.3 is 24.7 Å². The van der Waals surface area contributed by atoms with E-state index in [0.717, 1.165) is 0 Å². The minimum absolute atomic E-state index is 0.0182. The number of nitrogens with zero attached hydrogens (tertiary/aromatic N) is 3. The number of aromatic nitrogens is 2. The molecule has 2 aromatic heterocycles. The summed E-state index contributed by atoms with van der Waals surface area (Å²) in [6, 6.07) is 19.6. The number of hydrogen-bond acceptors (Lipinski definition) is 2. The lowest BCUT2D eigenvalue weighted by molar-refractivity contribution is -0.144. The van der Waals surface area contributed by atoms with E-state index >= 15 is 0 Å². The Balaban J connectivity index is 1.65. The molecule has 0 aliphatic rings. The molecule has 3 nitrogen and oxygen atoms in total. The van der Waals surface area contributed by atoms with Gasteiger partial charge in [-0.15, -0.1) is 0 Å². The maximum atomic E-state index is 14.6. The van der Waals surface area contributed by atoms with Crippen LogP contribution in [0.3, 0.4) is 0 Å². The number of fused-ring (bicyclic) bond motifs is 3. The Morgan fingerprint density at radius 1 is 0.473 bits per heavy atom. The van der Waals surface area contributed by atoms with E-state index in [9.17, 15) is 57.9 Å². The van der Waals surface area contributed by atoms with Crippen LogP contribution in [-0.4, -0.2) is 9.55 Å². The summed E-state index contributed by atoms with van der Waals surface area (Å²) in [5.41, 5.74) is -7.63. The molecule has 0 aliphatic heterocycles. The van der Waals surface area contributed by atoms with Crippen LogP contribution in [0.25, 0.3) is 60.9 Å². The molecule has 0 spiro atoms. The molecule has 7 rings (SSSR count). The van der Waals surface area contributed by atoms with E-state index in [2.05, 4.69) is 4.98 Å². The van der Waals surface area contributed by atoms with Gasteiger partial charge in [-0.1, -0.05) is 54.6 Å². The highest BCUT2D eigenvalue weighted by atomic mass is 19.4. The predicted molar refractivity (Wildman–Crippen MR) is 180 cm³/mol. The van der Waals surface area contributed by atoms with E-state index in [1.165, 1.54) is 71.6 Å². The molecule has 5 aromatic carbocycles. The standard InChI is InChI=1S/C40H19F12N3/c41-37(42,43)23-7-10-27(33(18-23)39(47,48)49)29-3-1-5-31-32-6-2-4-30(28-11-8-24(38(44,45)46)19-34(28)40(50,51)52)36(32)55(35(29)31)25-9-12-26(22(17-25)20-53)21-13-15-54-16-14-21/h1-19H. The van der Waals surface area contributed by atoms with Gasteiger partial charge in [0.05, 0.1) is 44.9 Å². The number of halogens is 12. The highest BCUT2D eigenvalue weighted by Gasteiger charge is 2.41. The Bertz CT molecular complexity index is 2530. The first kappa shape index (κ1) is 37.0. The molecular formula is C40H19F12N3. The first-order chi connectivity index (χ1) is 25.8. The maximum absolute atomic E-state index is 14.6. The van der Waals surface area contributed by atoms with Gasteiger partial charge in [-0.05, 0) is 70.8 Å². The van der Waals surface area contributed by atoms with E-state index in [1.807, 2.05) is 6.07 Å². The van der Waals surface area contributed by atoms with Crippen molar-refractivity contribution in [3.8, 4) is 45.1 Å². The lowest BCUT2D eigenvalue weighted by atomic mass is 9.94. The molecule has 0 radical (unpaired) electrons. The molecule has 0 fully saturated rings. The van der Waals surface area contributed by atoms with Crippen LogP contribution < -0.4 is 0 Å². The summed E-state index contributed by atoms with van der Waals surface area (Å²) in [5.74, 6) is 0. The highest BCUT2D eigenvalue weighted by Crippen LogP contribution is 2.48. The van der Waals surface area contributed by atoms with Crippen LogP contribution in [0.2, 0.25) is 0 Å². The third-order valence-corrected chi connectivity index (χ3v) is 9.07. The van der Waals surface area contributed by atoms with Crippen LogP contribution >= 0.6 is 0 Å². The van der Waals surface area contributed by atoms with Gasteiger partial charge in [0.15, 0.2) is 0 Å². The fourth-order valence-corrected chi connectivity index (χ4v) is 6.74. The van der Waals surface area contributed by atoms with Gasteiger partial charge in [0.25, 0.3) is 0 Å². The monoisotopic (exact) mass is 769 g/mol. The minimum atomic E-state index is -5.32. The number of para-hydroxylation sites is 2. The largest absolute Gasteiger partial charge is 0.417 e. The number of rotatable bonds is 4. The molecule has 0 bridgehead atoms. The summed E-state index contributed by atoms with van der Waals surface area (Å²) in [4.78, 5) is 3.94. The van der Waals surface area contributed by atoms with Crippen molar-refractivity contribution in [1.82, 2.24) is 9.55 Å². The Morgan fingerprint density at radius 2 is 0.927 bits per heavy atom. The van der Waals surface area contributed by atoms with Crippen molar-refractivity contribution < 1.29 is 52.7 Å². The maximum Gasteiger partial charge on any atom is 0.417 e. The van der Waals surface area contributed by atoms with Crippen LogP contribution in [0, 0.1) is 11.3 Å². The zero-order valence-electron chi connectivity index (χ0n) is 27.3. The highest BCUT2D eigenvalue weighted by molar-refractivity contribution is 6.17. The third kappa shape index (κ3) is 6.62. The molecule has 2 heterocycles. The molecule has 0 aliphatic carbocycles. The Hall–Kier alpha value is -6.30. The second-order valence-corrected chi connectivity index (χ2v) is 12.3. The molecule has 0 N–H and O–H groups in total. The SMILES string of the molecule is N#Cc1cc(-n2c3c(-c4ccc(C(F)(F)F)cc4C(F)(F)F)cccc3c3cccc(-c4ccc(C(F)(F)F)cc4C(F)(F)F)c32)ccc1-c1ccncc1. The van der Waals surface area contributed by atoms with E-state index in [1.54, 1.807) is 12.1 Å². The van der Waals surface area contributed by atoms with Crippen molar-refractivity contribution in [3.63, 3.8) is 0 Å². The number of hydrogen-bond donors (Lipinski definition) is 0. The Kier molecular flexibility index (Phi) is 8.71. The molecule has 0 saturated heterocycles. The topological polar surface area (TPSA) is 41.6 Å². The zero-order chi connectivity index (χ0) is 39.7. The van der Waals surface area contributed by atoms with Crippen molar-refractivity contribution in [3.05, 3.63) is 143 Å². The first-order valence-corrected chi connectivity index (χ1v) is 15.9. The lowest BCUT2D eigenvalue weighted by Gasteiger charge is -2.20. The zero-order valence-corrected chi connectivity index (χ0v) is 27.3. The molecule has 0 saturated carbocycles. The number of pyridine rings is 1. The second-order valence-electron chi connectivity index (χ2n) is 12.3. The van der Waals surface area contributed by atoms with Crippen LogP contribution in [0.5, 0.6) is 0 Å². The number of nitriles is 1. The quantitative estimate of drug-likeness (QED) is 0.167. The summed E-state index contributed by atoms with van der Waals surface area (Å²) < 4.78 is 171. The number of alkyl halides is 12. The Morgan fingerprint density at radius 3 is 1.35 bits per heavy atom. The minimum Gasteiger partial charge on any atom is -0.308 e. The van der Waals surface area contributed by atoms with Crippen LogP contribution in [0.4, 0.5) is 52.7 Å². The molecule has 55 heavy (non-hydrogen) atoms. The van der Waals surface area contributed by atoms with Crippen LogP contribution in [-0.2, 0) is 24.7 Å². The summed E-state index contributed by atoms with van der Waals surface area (Å²) in [6.07, 6.45) is -18.0. The van der Waals surface area contributed by atoms with E-state index in [4.69, 9.17) is 0 Å². The van der Waals surface area contributed by atoms with Crippen molar-refractivity contribution in [1.29, 1.82) is 5.26 Å². The molecule has 15 heteroatoms. The van der Waals surface area contributed by atoms with Gasteiger partial charge in [0, 0.05) is 40.0 Å². The average Bonchev–Trinajstić information content (AvgIpc) is 3.48. The molecule has 7 aromatic rings. The average molecular weight is 770 g/mol. The molecule has 0 unspecified atom stereocenters. The van der Waals surface area contributed by atoms with E-state index in [-0.39, 0.29) is 56.3 Å². The van der Waals surface area contributed by atoms with Gasteiger partial charge in [-0.2, -0.15) is 57.9 Å². The lowest BCUT2D eigenvalue weighted by Crippen LogP contribution is -2.12. The first-order valence-electron chi connectivity index (χ1n) is 15.9. The van der Waals surface area contributed by atoms with Crippen LogP contribution in [0.15, 0.2) is 116 Å². The fourth-order valence-electron chi connectivity index (χ4n) is 6.74. The molecular weight excluding hydrogens is 750 g/mol. The van der Waals surface area contributed by atoms with Crippen LogP contribution in [0.1, 0.15) is 27.8 Å². The summed E-state index contributed by atoms with van der Waals surface area (Å²) >= 11 is 0. The predicted octanol–water partition coefficient (Wildman–Crippen LogP) is 13.1. The second kappa shape index (κ2) is 12.9. The van der Waals surface area contributed by atoms with E-state index in [0.29, 0.717) is 35.4 Å². The fraction of sp³-hybridized carbons (Fsp3) is 0.100. The summed E-state index contributed by atoms with van der Waals surface area (Å²) in [6.45, 7) is 0. The number of benzene rings is 5. The van der Waals surface area contributed by atoms with Gasteiger partial charge in [0.1, 0.15) is 0 Å². The van der Waals surface area contributed by atoms with Gasteiger partial charge in [-0.25, -0.2) is 0 Å². The van der Waals surface area contributed by atoms with Gasteiger partial charge in [0.2, 0.25) is 0 Å².